The number of halogens is 1. The summed E-state index contributed by atoms with van der Waals surface area (Å²) < 4.78 is 1.03. The summed E-state index contributed by atoms with van der Waals surface area (Å²) in [5, 5.41) is 3.19. The van der Waals surface area contributed by atoms with Gasteiger partial charge in [-0.1, -0.05) is 20.3 Å². The maximum atomic E-state index is 4.52. The van der Waals surface area contributed by atoms with Gasteiger partial charge in [0.15, 0.2) is 0 Å². The van der Waals surface area contributed by atoms with E-state index in [1.165, 1.54) is 12.0 Å². The number of hydrogen-bond donors (Lipinski definition) is 1. The predicted molar refractivity (Wildman–Crippen MR) is 77.4 cm³/mol. The van der Waals surface area contributed by atoms with Crippen molar-refractivity contribution in [3.63, 3.8) is 0 Å². The zero-order valence-corrected chi connectivity index (χ0v) is 12.7. The van der Waals surface area contributed by atoms with Crippen LogP contribution in [-0.4, -0.2) is 25.6 Å². The smallest absolute Gasteiger partial charge is 0.132 e. The highest BCUT2D eigenvalue weighted by Gasteiger charge is 2.11. The van der Waals surface area contributed by atoms with Crippen molar-refractivity contribution in [3.05, 3.63) is 22.3 Å². The van der Waals surface area contributed by atoms with Gasteiger partial charge in [-0.15, -0.1) is 0 Å². The van der Waals surface area contributed by atoms with Crippen LogP contribution >= 0.6 is 15.9 Å². The number of aromatic nitrogens is 1. The summed E-state index contributed by atoms with van der Waals surface area (Å²) in [7, 11) is 4.07. The molecule has 0 fully saturated rings. The van der Waals surface area contributed by atoms with Crippen LogP contribution in [0.25, 0.3) is 0 Å². The molecule has 1 heterocycles. The van der Waals surface area contributed by atoms with Gasteiger partial charge in [-0.25, -0.2) is 4.98 Å². The Morgan fingerprint density at radius 3 is 2.82 bits per heavy atom. The average molecular weight is 300 g/mol. The minimum absolute atomic E-state index is 0.688. The summed E-state index contributed by atoms with van der Waals surface area (Å²) >= 11 is 3.47. The maximum Gasteiger partial charge on any atom is 0.132 e. The number of pyridine rings is 1. The summed E-state index contributed by atoms with van der Waals surface area (Å²) in [5.41, 5.74) is 1.23. The van der Waals surface area contributed by atoms with Gasteiger partial charge in [0, 0.05) is 36.4 Å². The molecule has 0 amide bonds. The van der Waals surface area contributed by atoms with Crippen molar-refractivity contribution in [3.8, 4) is 0 Å². The SMILES string of the molecule is CCC(C)CN(C)c1ncc(Br)cc1CNC. The van der Waals surface area contributed by atoms with Crippen LogP contribution < -0.4 is 10.2 Å². The van der Waals surface area contributed by atoms with E-state index in [-0.39, 0.29) is 0 Å². The fraction of sp³-hybridized carbons (Fsp3) is 0.615. The third kappa shape index (κ3) is 4.28. The first-order valence-corrected chi connectivity index (χ1v) is 6.87. The molecule has 1 aromatic rings. The van der Waals surface area contributed by atoms with E-state index in [9.17, 15) is 0 Å². The number of nitrogens with zero attached hydrogens (tertiary/aromatic N) is 2. The lowest BCUT2D eigenvalue weighted by atomic mass is 10.1. The molecule has 0 saturated heterocycles. The molecule has 1 unspecified atom stereocenters. The topological polar surface area (TPSA) is 28.2 Å². The van der Waals surface area contributed by atoms with E-state index in [1.54, 1.807) is 0 Å². The molecule has 0 spiro atoms. The molecule has 1 atom stereocenters. The molecular formula is C13H22BrN3. The molecule has 0 aliphatic carbocycles. The lowest BCUT2D eigenvalue weighted by Crippen LogP contribution is -2.26. The Kier molecular flexibility index (Phi) is 5.92. The minimum atomic E-state index is 0.688. The molecule has 4 heteroatoms. The molecule has 0 radical (unpaired) electrons. The summed E-state index contributed by atoms with van der Waals surface area (Å²) in [6.07, 6.45) is 3.06. The highest BCUT2D eigenvalue weighted by Crippen LogP contribution is 2.21. The Hall–Kier alpha value is -0.610. The Labute approximate surface area is 113 Å². The van der Waals surface area contributed by atoms with Crippen molar-refractivity contribution in [2.24, 2.45) is 5.92 Å². The van der Waals surface area contributed by atoms with E-state index in [1.807, 2.05) is 13.2 Å². The quantitative estimate of drug-likeness (QED) is 0.875. The largest absolute Gasteiger partial charge is 0.359 e. The zero-order valence-electron chi connectivity index (χ0n) is 11.1. The van der Waals surface area contributed by atoms with E-state index in [2.05, 4.69) is 58.1 Å². The van der Waals surface area contributed by atoms with Gasteiger partial charge in [0.05, 0.1) is 0 Å². The van der Waals surface area contributed by atoms with Gasteiger partial charge in [0.25, 0.3) is 0 Å². The average Bonchev–Trinajstić information content (AvgIpc) is 2.29. The maximum absolute atomic E-state index is 4.52. The molecule has 1 aromatic heterocycles. The normalized spacial score (nSPS) is 12.5. The highest BCUT2D eigenvalue weighted by molar-refractivity contribution is 9.10. The van der Waals surface area contributed by atoms with Crippen molar-refractivity contribution >= 4 is 21.7 Å². The third-order valence-corrected chi connectivity index (χ3v) is 3.35. The molecule has 17 heavy (non-hydrogen) atoms. The van der Waals surface area contributed by atoms with Gasteiger partial charge in [-0.3, -0.25) is 0 Å². The number of hydrogen-bond acceptors (Lipinski definition) is 3. The summed E-state index contributed by atoms with van der Waals surface area (Å²) in [5.74, 6) is 1.76. The highest BCUT2D eigenvalue weighted by atomic mass is 79.9. The van der Waals surface area contributed by atoms with Crippen molar-refractivity contribution in [2.75, 3.05) is 25.5 Å². The summed E-state index contributed by atoms with van der Waals surface area (Å²) in [6.45, 7) is 6.38. The van der Waals surface area contributed by atoms with E-state index in [0.29, 0.717) is 5.92 Å². The van der Waals surface area contributed by atoms with Gasteiger partial charge in [0.2, 0.25) is 0 Å². The van der Waals surface area contributed by atoms with E-state index in [4.69, 9.17) is 0 Å². The summed E-state index contributed by atoms with van der Waals surface area (Å²) in [6, 6.07) is 2.13. The number of rotatable bonds is 6. The fourth-order valence-corrected chi connectivity index (χ4v) is 2.20. The third-order valence-electron chi connectivity index (χ3n) is 2.92. The van der Waals surface area contributed by atoms with Gasteiger partial charge in [0.1, 0.15) is 5.82 Å². The standard InChI is InChI=1S/C13H22BrN3/c1-5-10(2)9-17(4)13-11(7-15-3)6-12(14)8-16-13/h6,8,10,15H,5,7,9H2,1-4H3. The molecule has 0 saturated carbocycles. The van der Waals surface area contributed by atoms with Gasteiger partial charge < -0.3 is 10.2 Å². The van der Waals surface area contributed by atoms with Gasteiger partial charge >= 0.3 is 0 Å². The molecule has 0 bridgehead atoms. The monoisotopic (exact) mass is 299 g/mol. The van der Waals surface area contributed by atoms with E-state index in [0.717, 1.165) is 23.4 Å². The first-order valence-electron chi connectivity index (χ1n) is 6.08. The molecule has 96 valence electrons. The van der Waals surface area contributed by atoms with Crippen LogP contribution in [0.1, 0.15) is 25.8 Å². The molecule has 0 aliphatic rings. The second-order valence-electron chi connectivity index (χ2n) is 4.56. The molecule has 3 nitrogen and oxygen atoms in total. The molecule has 0 aromatic carbocycles. The first kappa shape index (κ1) is 14.5. The van der Waals surface area contributed by atoms with Crippen molar-refractivity contribution in [1.82, 2.24) is 10.3 Å². The van der Waals surface area contributed by atoms with Crippen LogP contribution in [0.2, 0.25) is 0 Å². The van der Waals surface area contributed by atoms with Crippen LogP contribution in [-0.2, 0) is 6.54 Å². The van der Waals surface area contributed by atoms with Crippen molar-refractivity contribution in [2.45, 2.75) is 26.8 Å². The second kappa shape index (κ2) is 6.97. The predicted octanol–water partition coefficient (Wildman–Crippen LogP) is 3.05. The summed E-state index contributed by atoms with van der Waals surface area (Å²) in [4.78, 5) is 6.77. The number of nitrogens with one attached hydrogen (secondary N) is 1. The van der Waals surface area contributed by atoms with Crippen molar-refractivity contribution < 1.29 is 0 Å². The van der Waals surface area contributed by atoms with Gasteiger partial charge in [-0.2, -0.15) is 0 Å². The fourth-order valence-electron chi connectivity index (χ4n) is 1.82. The Morgan fingerprint density at radius 2 is 2.24 bits per heavy atom. The molecule has 1 N–H and O–H groups in total. The lowest BCUT2D eigenvalue weighted by molar-refractivity contribution is 0.556. The zero-order chi connectivity index (χ0) is 12.8. The van der Waals surface area contributed by atoms with Crippen LogP contribution in [0.3, 0.4) is 0 Å². The molecule has 0 aliphatic heterocycles. The Bertz CT molecular complexity index is 355. The lowest BCUT2D eigenvalue weighted by Gasteiger charge is -2.24. The molecule has 1 rings (SSSR count). The van der Waals surface area contributed by atoms with Crippen LogP contribution in [0.4, 0.5) is 5.82 Å². The van der Waals surface area contributed by atoms with Crippen LogP contribution in [0.15, 0.2) is 16.7 Å². The molecular weight excluding hydrogens is 278 g/mol. The van der Waals surface area contributed by atoms with Crippen molar-refractivity contribution in [1.29, 1.82) is 0 Å². The van der Waals surface area contributed by atoms with E-state index < -0.39 is 0 Å². The van der Waals surface area contributed by atoms with E-state index >= 15 is 0 Å². The van der Waals surface area contributed by atoms with Gasteiger partial charge in [-0.05, 0) is 35.0 Å². The minimum Gasteiger partial charge on any atom is -0.359 e. The van der Waals surface area contributed by atoms with Crippen LogP contribution in [0, 0.1) is 5.92 Å². The second-order valence-corrected chi connectivity index (χ2v) is 5.48. The Balaban J connectivity index is 2.87. The number of anilines is 1. The first-order chi connectivity index (χ1) is 8.08. The van der Waals surface area contributed by atoms with Crippen LogP contribution in [0.5, 0.6) is 0 Å². The Morgan fingerprint density at radius 1 is 1.53 bits per heavy atom.